The average Bonchev–Trinajstić information content (AvgIpc) is 3.79. The Morgan fingerprint density at radius 3 is 2.14 bits per heavy atom. The van der Waals surface area contributed by atoms with E-state index in [1.165, 1.54) is 16.2 Å². The summed E-state index contributed by atoms with van der Waals surface area (Å²) < 4.78 is 5.42. The zero-order valence-electron chi connectivity index (χ0n) is 29.2. The molecule has 4 N–H and O–H groups in total. The molecule has 4 rings (SSSR count). The van der Waals surface area contributed by atoms with Gasteiger partial charge >= 0.3 is 12.1 Å². The number of ether oxygens (including phenoxy) is 1. The van der Waals surface area contributed by atoms with E-state index in [0.717, 1.165) is 26.7 Å². The van der Waals surface area contributed by atoms with Gasteiger partial charge in [-0.3, -0.25) is 9.78 Å². The van der Waals surface area contributed by atoms with Crippen LogP contribution in [0.25, 0.3) is 0 Å². The standard InChI is InChI=1S/C37H48N6O5S2/c1-24(2)33(42-36(46)43(5)20-29-22-49-35(40-29)25(3)4)34(45)39-28(16-26-12-8-6-9-13-26)18-32(44)31(17-27-14-10-7-11-15-27)41-37(47)48-21-30-19-38-23-50-30/h6-15,19,22-25,28,31-33,44H,16-18,20-21H2,1-5H3,(H,39,45)(H,41,47)(H,42,46)/t28-,31?,32-,33?/m0/s1. The van der Waals surface area contributed by atoms with Crippen molar-refractivity contribution >= 4 is 40.7 Å². The molecule has 4 aromatic rings. The maximum absolute atomic E-state index is 13.9. The van der Waals surface area contributed by atoms with Crippen LogP contribution in [0.2, 0.25) is 0 Å². The SMILES string of the molecule is CC(C)c1nc(CN(C)C(=O)NC(C(=O)N[C@@H](Cc2ccccc2)C[C@H](O)C(Cc2ccccc2)NC(=O)OCc2cncs2)C(C)C)cs1. The van der Waals surface area contributed by atoms with Crippen molar-refractivity contribution in [2.45, 2.75) is 90.3 Å². The average molecular weight is 721 g/mol. The van der Waals surface area contributed by atoms with Gasteiger partial charge in [0.05, 0.1) is 39.8 Å². The molecule has 0 bridgehead atoms. The Morgan fingerprint density at radius 1 is 0.900 bits per heavy atom. The van der Waals surface area contributed by atoms with Crippen LogP contribution in [0.3, 0.4) is 0 Å². The van der Waals surface area contributed by atoms with E-state index in [2.05, 4.69) is 39.8 Å². The molecule has 50 heavy (non-hydrogen) atoms. The van der Waals surface area contributed by atoms with Crippen LogP contribution in [-0.2, 0) is 35.5 Å². The number of aromatic nitrogens is 2. The highest BCUT2D eigenvalue weighted by Crippen LogP contribution is 2.20. The first kappa shape index (κ1) is 38.5. The lowest BCUT2D eigenvalue weighted by Gasteiger charge is -2.30. The molecule has 2 heterocycles. The van der Waals surface area contributed by atoms with Gasteiger partial charge in [-0.15, -0.1) is 22.7 Å². The lowest BCUT2D eigenvalue weighted by Crippen LogP contribution is -2.55. The molecule has 2 aromatic carbocycles. The van der Waals surface area contributed by atoms with Gasteiger partial charge in [0, 0.05) is 30.6 Å². The molecule has 2 unspecified atom stereocenters. The van der Waals surface area contributed by atoms with Gasteiger partial charge in [0.25, 0.3) is 0 Å². The topological polar surface area (TPSA) is 146 Å². The molecule has 0 saturated carbocycles. The van der Waals surface area contributed by atoms with Crippen molar-refractivity contribution in [1.82, 2.24) is 30.8 Å². The molecule has 0 saturated heterocycles. The number of carbonyl (C=O) groups is 3. The third kappa shape index (κ3) is 12.2. The van der Waals surface area contributed by atoms with Crippen LogP contribution in [-0.4, -0.2) is 69.3 Å². The molecule has 268 valence electrons. The summed E-state index contributed by atoms with van der Waals surface area (Å²) in [4.78, 5) is 51.0. The van der Waals surface area contributed by atoms with E-state index in [9.17, 15) is 19.5 Å². The van der Waals surface area contributed by atoms with Crippen LogP contribution in [0, 0.1) is 5.92 Å². The van der Waals surface area contributed by atoms with Crippen molar-refractivity contribution in [3.8, 4) is 0 Å². The summed E-state index contributed by atoms with van der Waals surface area (Å²) in [5.74, 6) is -0.277. The molecule has 0 fully saturated rings. The first-order chi connectivity index (χ1) is 24.0. The molecule has 4 amide bonds. The normalized spacial score (nSPS) is 13.7. The largest absolute Gasteiger partial charge is 0.444 e. The van der Waals surface area contributed by atoms with Gasteiger partial charge in [0.15, 0.2) is 0 Å². The Hall–Kier alpha value is -4.33. The second-order valence-electron chi connectivity index (χ2n) is 13.0. The second-order valence-corrected chi connectivity index (χ2v) is 14.9. The number of aliphatic hydroxyl groups excluding tert-OH is 1. The Bertz CT molecular complexity index is 1620. The maximum atomic E-state index is 13.9. The molecular formula is C37H48N6O5S2. The molecule has 0 aliphatic carbocycles. The highest BCUT2D eigenvalue weighted by Gasteiger charge is 2.31. The minimum atomic E-state index is -1.05. The van der Waals surface area contributed by atoms with E-state index >= 15 is 0 Å². The number of urea groups is 1. The lowest BCUT2D eigenvalue weighted by molar-refractivity contribution is -0.124. The summed E-state index contributed by atoms with van der Waals surface area (Å²) in [6, 6.07) is 16.8. The first-order valence-corrected chi connectivity index (χ1v) is 18.6. The van der Waals surface area contributed by atoms with E-state index in [0.29, 0.717) is 25.3 Å². The molecule has 4 atom stereocenters. The van der Waals surface area contributed by atoms with Crippen molar-refractivity contribution in [2.24, 2.45) is 5.92 Å². The summed E-state index contributed by atoms with van der Waals surface area (Å²) in [5, 5.41) is 23.5. The van der Waals surface area contributed by atoms with Gasteiger partial charge < -0.3 is 30.7 Å². The first-order valence-electron chi connectivity index (χ1n) is 16.8. The van der Waals surface area contributed by atoms with Crippen LogP contribution in [0.15, 0.2) is 77.8 Å². The summed E-state index contributed by atoms with van der Waals surface area (Å²) in [6.45, 7) is 8.28. The Labute approximate surface area is 302 Å². The number of alkyl carbamates (subject to hydrolysis) is 1. The number of thiazole rings is 2. The molecule has 0 aliphatic rings. The highest BCUT2D eigenvalue weighted by molar-refractivity contribution is 7.09. The number of carbonyl (C=O) groups excluding carboxylic acids is 3. The van der Waals surface area contributed by atoms with E-state index < -0.39 is 30.3 Å². The maximum Gasteiger partial charge on any atom is 0.407 e. The van der Waals surface area contributed by atoms with Gasteiger partial charge in [0.1, 0.15) is 12.6 Å². The van der Waals surface area contributed by atoms with Crippen LogP contribution in [0.5, 0.6) is 0 Å². The monoisotopic (exact) mass is 720 g/mol. The van der Waals surface area contributed by atoms with Crippen LogP contribution in [0.4, 0.5) is 9.59 Å². The van der Waals surface area contributed by atoms with E-state index in [4.69, 9.17) is 4.74 Å². The quantitative estimate of drug-likeness (QED) is 0.106. The van der Waals surface area contributed by atoms with Crippen molar-refractivity contribution in [3.05, 3.63) is 104 Å². The predicted molar refractivity (Wildman–Crippen MR) is 197 cm³/mol. The molecule has 13 heteroatoms. The number of benzene rings is 2. The smallest absolute Gasteiger partial charge is 0.407 e. The summed E-state index contributed by atoms with van der Waals surface area (Å²) >= 11 is 2.95. The van der Waals surface area contributed by atoms with Gasteiger partial charge in [-0.2, -0.15) is 0 Å². The van der Waals surface area contributed by atoms with Crippen molar-refractivity contribution in [2.75, 3.05) is 7.05 Å². The van der Waals surface area contributed by atoms with Crippen molar-refractivity contribution in [3.63, 3.8) is 0 Å². The molecule has 2 aromatic heterocycles. The number of hydrogen-bond acceptors (Lipinski definition) is 9. The van der Waals surface area contributed by atoms with Crippen LogP contribution in [0.1, 0.15) is 66.7 Å². The Kier molecular flexibility index (Phi) is 14.7. The molecular weight excluding hydrogens is 673 g/mol. The fourth-order valence-corrected chi connectivity index (χ4v) is 6.72. The number of rotatable bonds is 17. The Balaban J connectivity index is 1.46. The number of aliphatic hydroxyl groups is 1. The summed E-state index contributed by atoms with van der Waals surface area (Å²) in [5.41, 5.74) is 4.35. The zero-order chi connectivity index (χ0) is 36.0. The van der Waals surface area contributed by atoms with Gasteiger partial charge in [-0.05, 0) is 36.3 Å². The molecule has 11 nitrogen and oxygen atoms in total. The molecule has 0 radical (unpaired) electrons. The third-order valence-electron chi connectivity index (χ3n) is 8.13. The zero-order valence-corrected chi connectivity index (χ0v) is 30.9. The second kappa shape index (κ2) is 19.2. The third-order valence-corrected chi connectivity index (χ3v) is 10.1. The predicted octanol–water partition coefficient (Wildman–Crippen LogP) is 5.91. The van der Waals surface area contributed by atoms with Gasteiger partial charge in [0.2, 0.25) is 5.91 Å². The van der Waals surface area contributed by atoms with Gasteiger partial charge in [-0.25, -0.2) is 14.6 Å². The highest BCUT2D eigenvalue weighted by atomic mass is 32.1. The summed E-state index contributed by atoms with van der Waals surface area (Å²) in [6.07, 6.45) is 0.836. The van der Waals surface area contributed by atoms with Gasteiger partial charge in [-0.1, -0.05) is 88.4 Å². The van der Waals surface area contributed by atoms with Crippen molar-refractivity contribution in [1.29, 1.82) is 0 Å². The number of nitrogens with one attached hydrogen (secondary N) is 3. The van der Waals surface area contributed by atoms with E-state index in [1.807, 2.05) is 79.9 Å². The van der Waals surface area contributed by atoms with Crippen LogP contribution < -0.4 is 16.0 Å². The minimum Gasteiger partial charge on any atom is -0.444 e. The van der Waals surface area contributed by atoms with E-state index in [1.54, 1.807) is 30.1 Å². The molecule has 0 spiro atoms. The molecule has 0 aliphatic heterocycles. The fourth-order valence-electron chi connectivity index (χ4n) is 5.39. The number of nitrogens with zero attached hydrogens (tertiary/aromatic N) is 3. The van der Waals surface area contributed by atoms with E-state index in [-0.39, 0.29) is 30.9 Å². The Morgan fingerprint density at radius 2 is 1.56 bits per heavy atom. The number of hydrogen-bond donors (Lipinski definition) is 4. The lowest BCUT2D eigenvalue weighted by atomic mass is 9.93. The van der Waals surface area contributed by atoms with Crippen molar-refractivity contribution < 1.29 is 24.2 Å². The number of amides is 4. The minimum absolute atomic E-state index is 0.0671. The fraction of sp³-hybridized carbons (Fsp3) is 0.432. The van der Waals surface area contributed by atoms with Crippen LogP contribution >= 0.6 is 22.7 Å². The summed E-state index contributed by atoms with van der Waals surface area (Å²) in [7, 11) is 1.68.